The van der Waals surface area contributed by atoms with E-state index >= 15 is 0 Å². The molecule has 1 aromatic carbocycles. The van der Waals surface area contributed by atoms with Crippen molar-refractivity contribution in [1.82, 2.24) is 0 Å². The third kappa shape index (κ3) is 3.99. The van der Waals surface area contributed by atoms with Gasteiger partial charge in [-0.1, -0.05) is 0 Å². The lowest BCUT2D eigenvalue weighted by Crippen LogP contribution is -2.15. The molecule has 0 spiro atoms. The van der Waals surface area contributed by atoms with E-state index in [2.05, 4.69) is 0 Å². The first-order valence-electron chi connectivity index (χ1n) is 6.15. The van der Waals surface area contributed by atoms with Crippen LogP contribution in [0.25, 0.3) is 0 Å². The second kappa shape index (κ2) is 6.98. The van der Waals surface area contributed by atoms with Crippen molar-refractivity contribution in [3.63, 3.8) is 0 Å². The van der Waals surface area contributed by atoms with Crippen molar-refractivity contribution >= 4 is 10.8 Å². The zero-order valence-electron chi connectivity index (χ0n) is 10.8. The lowest BCUT2D eigenvalue weighted by Gasteiger charge is -2.20. The molecule has 0 amide bonds. The number of rotatable bonds is 6. The van der Waals surface area contributed by atoms with E-state index < -0.39 is 10.8 Å². The second-order valence-corrected chi connectivity index (χ2v) is 5.73. The zero-order chi connectivity index (χ0) is 13.7. The Labute approximate surface area is 114 Å². The van der Waals surface area contributed by atoms with Crippen LogP contribution in [-0.2, 0) is 32.6 Å². The van der Waals surface area contributed by atoms with Crippen LogP contribution < -0.4 is 4.74 Å². The molecule has 106 valence electrons. The molecular formula is C13H17FO4S. The molecule has 0 aromatic heterocycles. The van der Waals surface area contributed by atoms with Gasteiger partial charge in [0, 0.05) is 34.3 Å². The van der Waals surface area contributed by atoms with E-state index in [0.29, 0.717) is 42.4 Å². The summed E-state index contributed by atoms with van der Waals surface area (Å²) in [6.07, 6.45) is 0. The van der Waals surface area contributed by atoms with Crippen LogP contribution in [0.3, 0.4) is 0 Å². The van der Waals surface area contributed by atoms with Crippen LogP contribution in [0.2, 0.25) is 0 Å². The van der Waals surface area contributed by atoms with Gasteiger partial charge in [0.15, 0.2) is 6.79 Å². The first-order chi connectivity index (χ1) is 9.20. The normalized spacial score (nSPS) is 15.7. The molecule has 1 aromatic rings. The minimum atomic E-state index is -1.09. The van der Waals surface area contributed by atoms with E-state index in [1.165, 1.54) is 12.1 Å². The smallest absolute Gasteiger partial charge is 0.189 e. The van der Waals surface area contributed by atoms with Crippen LogP contribution in [-0.4, -0.2) is 30.0 Å². The molecule has 4 nitrogen and oxygen atoms in total. The molecule has 1 heterocycles. The maximum absolute atomic E-state index is 13.5. The van der Waals surface area contributed by atoms with Crippen LogP contribution in [0.15, 0.2) is 12.1 Å². The highest BCUT2D eigenvalue weighted by molar-refractivity contribution is 7.84. The average molecular weight is 288 g/mol. The molecule has 19 heavy (non-hydrogen) atoms. The number of fused-ring (bicyclic) bond motifs is 1. The molecule has 0 radical (unpaired) electrons. The Morgan fingerprint density at radius 3 is 3.11 bits per heavy atom. The Kier molecular flexibility index (Phi) is 5.30. The van der Waals surface area contributed by atoms with Crippen LogP contribution in [0, 0.1) is 5.82 Å². The van der Waals surface area contributed by atoms with Crippen LogP contribution in [0.4, 0.5) is 4.39 Å². The molecule has 1 aliphatic heterocycles. The third-order valence-electron chi connectivity index (χ3n) is 2.73. The average Bonchev–Trinajstić information content (AvgIpc) is 2.39. The van der Waals surface area contributed by atoms with E-state index in [0.717, 1.165) is 0 Å². The fourth-order valence-electron chi connectivity index (χ4n) is 1.91. The second-order valence-electron chi connectivity index (χ2n) is 4.15. The summed E-state index contributed by atoms with van der Waals surface area (Å²) in [6, 6.07) is 2.77. The molecule has 0 saturated heterocycles. The minimum absolute atomic E-state index is 0.150. The molecule has 1 aliphatic rings. The minimum Gasteiger partial charge on any atom is -0.467 e. The Bertz CT molecular complexity index is 464. The lowest BCUT2D eigenvalue weighted by atomic mass is 10.1. The molecule has 0 fully saturated rings. The molecule has 0 aliphatic carbocycles. The molecular weight excluding hydrogens is 271 g/mol. The van der Waals surface area contributed by atoms with Gasteiger partial charge in [0.05, 0.1) is 19.0 Å². The largest absolute Gasteiger partial charge is 0.467 e. The SMILES string of the molecule is CCOCC[S@](=O)Cc1cc(F)cc2c1OCOC2. The summed E-state index contributed by atoms with van der Waals surface area (Å²) in [4.78, 5) is 0. The van der Waals surface area contributed by atoms with Gasteiger partial charge < -0.3 is 14.2 Å². The Morgan fingerprint density at radius 2 is 2.32 bits per heavy atom. The van der Waals surface area contributed by atoms with E-state index in [1.807, 2.05) is 6.92 Å². The molecule has 0 N–H and O–H groups in total. The lowest BCUT2D eigenvalue weighted by molar-refractivity contribution is -0.0171. The summed E-state index contributed by atoms with van der Waals surface area (Å²) in [5.41, 5.74) is 1.30. The van der Waals surface area contributed by atoms with Crippen molar-refractivity contribution in [3.05, 3.63) is 29.1 Å². The number of halogens is 1. The topological polar surface area (TPSA) is 44.8 Å². The van der Waals surface area contributed by atoms with Gasteiger partial charge >= 0.3 is 0 Å². The van der Waals surface area contributed by atoms with Crippen molar-refractivity contribution in [2.24, 2.45) is 0 Å². The predicted octanol–water partition coefficient (Wildman–Crippen LogP) is 1.98. The van der Waals surface area contributed by atoms with Gasteiger partial charge in [-0.3, -0.25) is 4.21 Å². The number of benzene rings is 1. The van der Waals surface area contributed by atoms with E-state index in [-0.39, 0.29) is 18.4 Å². The highest BCUT2D eigenvalue weighted by atomic mass is 32.2. The van der Waals surface area contributed by atoms with Gasteiger partial charge in [0.1, 0.15) is 11.6 Å². The molecule has 1 atom stereocenters. The summed E-state index contributed by atoms with van der Waals surface area (Å²) in [5, 5.41) is 0. The highest BCUT2D eigenvalue weighted by Crippen LogP contribution is 2.30. The molecule has 6 heteroatoms. The van der Waals surface area contributed by atoms with Gasteiger partial charge in [-0.2, -0.15) is 0 Å². The first-order valence-corrected chi connectivity index (χ1v) is 7.64. The summed E-state index contributed by atoms with van der Waals surface area (Å²) >= 11 is 0. The van der Waals surface area contributed by atoms with Crippen LogP contribution >= 0.6 is 0 Å². The summed E-state index contributed by atoms with van der Waals surface area (Å²) in [7, 11) is -1.09. The molecule has 0 bridgehead atoms. The van der Waals surface area contributed by atoms with Crippen molar-refractivity contribution < 1.29 is 22.8 Å². The van der Waals surface area contributed by atoms with Gasteiger partial charge in [0.2, 0.25) is 0 Å². The number of hydrogen-bond donors (Lipinski definition) is 0. The maximum Gasteiger partial charge on any atom is 0.189 e. The Balaban J connectivity index is 2.07. The quantitative estimate of drug-likeness (QED) is 0.751. The van der Waals surface area contributed by atoms with Crippen LogP contribution in [0.5, 0.6) is 5.75 Å². The summed E-state index contributed by atoms with van der Waals surface area (Å²) in [5.74, 6) is 0.963. The predicted molar refractivity (Wildman–Crippen MR) is 69.9 cm³/mol. The van der Waals surface area contributed by atoms with Crippen molar-refractivity contribution in [2.45, 2.75) is 19.3 Å². The van der Waals surface area contributed by atoms with Gasteiger partial charge in [-0.25, -0.2) is 4.39 Å². The molecule has 0 unspecified atom stereocenters. The van der Waals surface area contributed by atoms with E-state index in [9.17, 15) is 8.60 Å². The van der Waals surface area contributed by atoms with Gasteiger partial charge in [0.25, 0.3) is 0 Å². The third-order valence-corrected chi connectivity index (χ3v) is 3.98. The first kappa shape index (κ1) is 14.4. The zero-order valence-corrected chi connectivity index (χ0v) is 11.6. The molecule has 2 rings (SSSR count). The molecule has 0 saturated carbocycles. The fraction of sp³-hybridized carbons (Fsp3) is 0.538. The Hall–Kier alpha value is -0.980. The Morgan fingerprint density at radius 1 is 1.47 bits per heavy atom. The van der Waals surface area contributed by atoms with Crippen molar-refractivity contribution in [1.29, 1.82) is 0 Å². The summed E-state index contributed by atoms with van der Waals surface area (Å²) in [6.45, 7) is 3.42. The van der Waals surface area contributed by atoms with E-state index in [4.69, 9.17) is 14.2 Å². The number of ether oxygens (including phenoxy) is 3. The van der Waals surface area contributed by atoms with Gasteiger partial charge in [-0.15, -0.1) is 0 Å². The summed E-state index contributed by atoms with van der Waals surface area (Å²) < 4.78 is 41.0. The monoisotopic (exact) mass is 288 g/mol. The fourth-order valence-corrected chi connectivity index (χ4v) is 2.92. The van der Waals surface area contributed by atoms with Crippen molar-refractivity contribution in [3.8, 4) is 5.75 Å². The van der Waals surface area contributed by atoms with Gasteiger partial charge in [-0.05, 0) is 19.1 Å². The van der Waals surface area contributed by atoms with Crippen LogP contribution in [0.1, 0.15) is 18.1 Å². The highest BCUT2D eigenvalue weighted by Gasteiger charge is 2.18. The number of hydrogen-bond acceptors (Lipinski definition) is 4. The maximum atomic E-state index is 13.5. The van der Waals surface area contributed by atoms with Crippen molar-refractivity contribution in [2.75, 3.05) is 25.8 Å². The van der Waals surface area contributed by atoms with E-state index in [1.54, 1.807) is 0 Å². The standard InChI is InChI=1S/C13H17FO4S/c1-2-16-3-4-19(15)8-11-6-12(14)5-10-7-17-9-18-13(10)11/h5-6H,2-4,7-9H2,1H3/t19-/m0/s1.